The summed E-state index contributed by atoms with van der Waals surface area (Å²) < 4.78 is 0. The van der Waals surface area contributed by atoms with Crippen molar-refractivity contribution >= 4 is 11.3 Å². The van der Waals surface area contributed by atoms with E-state index in [0.717, 1.165) is 18.4 Å². The van der Waals surface area contributed by atoms with E-state index in [4.69, 9.17) is 4.98 Å². The zero-order chi connectivity index (χ0) is 12.3. The third-order valence-electron chi connectivity index (χ3n) is 4.02. The SMILES string of the molecule is CCC1CCC(c2nc(C)c(CNC)s2)CC1. The van der Waals surface area contributed by atoms with Gasteiger partial charge in [-0.05, 0) is 45.6 Å². The van der Waals surface area contributed by atoms with Crippen molar-refractivity contribution in [1.29, 1.82) is 0 Å². The van der Waals surface area contributed by atoms with Gasteiger partial charge >= 0.3 is 0 Å². The van der Waals surface area contributed by atoms with Gasteiger partial charge in [-0.3, -0.25) is 0 Å². The smallest absolute Gasteiger partial charge is 0.0962 e. The maximum absolute atomic E-state index is 4.78. The van der Waals surface area contributed by atoms with E-state index >= 15 is 0 Å². The molecule has 0 spiro atoms. The van der Waals surface area contributed by atoms with Crippen LogP contribution in [0.2, 0.25) is 0 Å². The minimum Gasteiger partial charge on any atom is -0.315 e. The standard InChI is InChI=1S/C14H24N2S/c1-4-11-5-7-12(8-6-11)14-16-10(2)13(17-14)9-15-3/h11-12,15H,4-9H2,1-3H3. The van der Waals surface area contributed by atoms with Gasteiger partial charge in [-0.2, -0.15) is 0 Å². The second-order valence-electron chi connectivity index (χ2n) is 5.22. The van der Waals surface area contributed by atoms with E-state index in [1.54, 1.807) is 0 Å². The molecule has 0 amide bonds. The summed E-state index contributed by atoms with van der Waals surface area (Å²) in [4.78, 5) is 6.20. The molecule has 1 aromatic heterocycles. The van der Waals surface area contributed by atoms with Crippen LogP contribution in [0.25, 0.3) is 0 Å². The molecule has 0 saturated heterocycles. The molecule has 1 fully saturated rings. The molecule has 1 saturated carbocycles. The average Bonchev–Trinajstić information content (AvgIpc) is 2.72. The molecule has 1 N–H and O–H groups in total. The highest BCUT2D eigenvalue weighted by Crippen LogP contribution is 2.38. The van der Waals surface area contributed by atoms with Gasteiger partial charge in [-0.25, -0.2) is 4.98 Å². The topological polar surface area (TPSA) is 24.9 Å². The first-order valence-electron chi connectivity index (χ1n) is 6.85. The second-order valence-corrected chi connectivity index (χ2v) is 6.33. The molecule has 1 aliphatic rings. The van der Waals surface area contributed by atoms with Gasteiger partial charge < -0.3 is 5.32 Å². The van der Waals surface area contributed by atoms with Crippen molar-refractivity contribution < 1.29 is 0 Å². The Bertz CT molecular complexity index is 351. The number of hydrogen-bond donors (Lipinski definition) is 1. The Labute approximate surface area is 109 Å². The molecule has 1 aliphatic carbocycles. The number of hydrogen-bond acceptors (Lipinski definition) is 3. The normalized spacial score (nSPS) is 25.1. The first-order valence-corrected chi connectivity index (χ1v) is 7.67. The number of nitrogens with one attached hydrogen (secondary N) is 1. The lowest BCUT2D eigenvalue weighted by molar-refractivity contribution is 0.318. The number of aryl methyl sites for hydroxylation is 1. The Morgan fingerprint density at radius 3 is 2.59 bits per heavy atom. The Kier molecular flexibility index (Phi) is 4.57. The van der Waals surface area contributed by atoms with Gasteiger partial charge in [0.2, 0.25) is 0 Å². The minimum atomic E-state index is 0.743. The van der Waals surface area contributed by atoms with Crippen LogP contribution in [0.1, 0.15) is 60.5 Å². The lowest BCUT2D eigenvalue weighted by Crippen LogP contribution is -2.12. The lowest BCUT2D eigenvalue weighted by atomic mass is 9.81. The summed E-state index contributed by atoms with van der Waals surface area (Å²) in [5, 5.41) is 4.62. The third-order valence-corrected chi connectivity index (χ3v) is 5.34. The molecule has 0 unspecified atom stereocenters. The van der Waals surface area contributed by atoms with Crippen LogP contribution < -0.4 is 5.32 Å². The van der Waals surface area contributed by atoms with Crippen LogP contribution in [0.15, 0.2) is 0 Å². The molecule has 1 heterocycles. The average molecular weight is 252 g/mol. The molecule has 0 radical (unpaired) electrons. The van der Waals surface area contributed by atoms with E-state index in [9.17, 15) is 0 Å². The number of rotatable bonds is 4. The Morgan fingerprint density at radius 1 is 1.29 bits per heavy atom. The molecule has 0 aromatic carbocycles. The van der Waals surface area contributed by atoms with E-state index in [1.165, 1.54) is 47.7 Å². The van der Waals surface area contributed by atoms with E-state index in [1.807, 2.05) is 18.4 Å². The number of thiazole rings is 1. The summed E-state index contributed by atoms with van der Waals surface area (Å²) in [5.41, 5.74) is 1.23. The summed E-state index contributed by atoms with van der Waals surface area (Å²) in [6.07, 6.45) is 6.87. The van der Waals surface area contributed by atoms with Crippen LogP contribution in [0.4, 0.5) is 0 Å². The zero-order valence-corrected chi connectivity index (χ0v) is 12.1. The maximum atomic E-state index is 4.78. The summed E-state index contributed by atoms with van der Waals surface area (Å²) in [7, 11) is 2.01. The molecule has 0 aliphatic heterocycles. The third kappa shape index (κ3) is 3.08. The predicted octanol–water partition coefficient (Wildman–Crippen LogP) is 3.85. The monoisotopic (exact) mass is 252 g/mol. The van der Waals surface area contributed by atoms with E-state index in [2.05, 4.69) is 19.2 Å². The Hall–Kier alpha value is -0.410. The fraction of sp³-hybridized carbons (Fsp3) is 0.786. The molecule has 2 rings (SSSR count). The van der Waals surface area contributed by atoms with Crippen LogP contribution >= 0.6 is 11.3 Å². The Morgan fingerprint density at radius 2 is 2.00 bits per heavy atom. The molecule has 17 heavy (non-hydrogen) atoms. The zero-order valence-electron chi connectivity index (χ0n) is 11.3. The minimum absolute atomic E-state index is 0.743. The van der Waals surface area contributed by atoms with E-state index in [-0.39, 0.29) is 0 Å². The second kappa shape index (κ2) is 5.96. The van der Waals surface area contributed by atoms with Gasteiger partial charge in [0.15, 0.2) is 0 Å². The molecule has 3 heteroatoms. The summed E-state index contributed by atoms with van der Waals surface area (Å²) in [6, 6.07) is 0. The van der Waals surface area contributed by atoms with Gasteiger partial charge in [0.25, 0.3) is 0 Å². The highest BCUT2D eigenvalue weighted by atomic mass is 32.1. The van der Waals surface area contributed by atoms with Crippen molar-refractivity contribution in [3.63, 3.8) is 0 Å². The van der Waals surface area contributed by atoms with Crippen molar-refractivity contribution in [2.45, 2.75) is 58.4 Å². The fourth-order valence-electron chi connectivity index (χ4n) is 2.77. The van der Waals surface area contributed by atoms with Gasteiger partial charge in [0, 0.05) is 17.3 Å². The van der Waals surface area contributed by atoms with Crippen molar-refractivity contribution in [2.24, 2.45) is 5.92 Å². The fourth-order valence-corrected chi connectivity index (χ4v) is 4.01. The first kappa shape index (κ1) is 13.0. The molecule has 0 atom stereocenters. The quantitative estimate of drug-likeness (QED) is 0.880. The first-order chi connectivity index (χ1) is 8.24. The van der Waals surface area contributed by atoms with Crippen LogP contribution in [-0.2, 0) is 6.54 Å². The van der Waals surface area contributed by atoms with Crippen LogP contribution in [0.3, 0.4) is 0 Å². The van der Waals surface area contributed by atoms with E-state index in [0.29, 0.717) is 0 Å². The molecular weight excluding hydrogens is 228 g/mol. The molecular formula is C14H24N2S. The van der Waals surface area contributed by atoms with Crippen molar-refractivity contribution in [1.82, 2.24) is 10.3 Å². The van der Waals surface area contributed by atoms with Gasteiger partial charge in [0.1, 0.15) is 0 Å². The molecule has 2 nitrogen and oxygen atoms in total. The van der Waals surface area contributed by atoms with Crippen molar-refractivity contribution in [3.05, 3.63) is 15.6 Å². The molecule has 1 aromatic rings. The number of aromatic nitrogens is 1. The molecule has 96 valence electrons. The Balaban J connectivity index is 2.00. The predicted molar refractivity (Wildman–Crippen MR) is 74.6 cm³/mol. The molecule has 0 bridgehead atoms. The summed E-state index contributed by atoms with van der Waals surface area (Å²) >= 11 is 1.93. The van der Waals surface area contributed by atoms with Crippen LogP contribution in [0.5, 0.6) is 0 Å². The van der Waals surface area contributed by atoms with Crippen molar-refractivity contribution in [3.8, 4) is 0 Å². The van der Waals surface area contributed by atoms with Gasteiger partial charge in [-0.15, -0.1) is 11.3 Å². The van der Waals surface area contributed by atoms with Crippen LogP contribution in [0, 0.1) is 12.8 Å². The highest BCUT2D eigenvalue weighted by molar-refractivity contribution is 7.11. The largest absolute Gasteiger partial charge is 0.315 e. The van der Waals surface area contributed by atoms with Gasteiger partial charge in [0.05, 0.1) is 10.7 Å². The summed E-state index contributed by atoms with van der Waals surface area (Å²) in [6.45, 7) is 5.43. The number of nitrogens with zero attached hydrogens (tertiary/aromatic N) is 1. The van der Waals surface area contributed by atoms with E-state index < -0.39 is 0 Å². The summed E-state index contributed by atoms with van der Waals surface area (Å²) in [5.74, 6) is 1.72. The highest BCUT2D eigenvalue weighted by Gasteiger charge is 2.24. The maximum Gasteiger partial charge on any atom is 0.0962 e. The van der Waals surface area contributed by atoms with Crippen LogP contribution in [-0.4, -0.2) is 12.0 Å². The van der Waals surface area contributed by atoms with Crippen molar-refractivity contribution in [2.75, 3.05) is 7.05 Å². The van der Waals surface area contributed by atoms with Gasteiger partial charge in [-0.1, -0.05) is 13.3 Å². The lowest BCUT2D eigenvalue weighted by Gasteiger charge is -2.26.